The molecular weight excluding hydrogens is 457 g/mol. The molecule has 0 saturated carbocycles. The Morgan fingerprint density at radius 2 is 0.929 bits per heavy atom. The molecule has 0 N–H and O–H groups in total. The molecule has 4 aromatic carbocycles. The summed E-state index contributed by atoms with van der Waals surface area (Å²) in [5.74, 6) is 1.85. The molecule has 134 valence electrons. The molecule has 0 fully saturated rings. The fourth-order valence-corrected chi connectivity index (χ4v) is 5.61. The van der Waals surface area contributed by atoms with Crippen LogP contribution in [-0.2, 0) is 5.41 Å². The minimum atomic E-state index is -0.402. The number of anilines is 2. The first-order valence-electron chi connectivity index (χ1n) is 9.33. The number of hydrogen-bond donors (Lipinski definition) is 0. The summed E-state index contributed by atoms with van der Waals surface area (Å²) in [6.07, 6.45) is 0. The van der Waals surface area contributed by atoms with E-state index in [-0.39, 0.29) is 0 Å². The number of fused-ring (bicyclic) bond motifs is 8. The van der Waals surface area contributed by atoms with Crippen molar-refractivity contribution >= 4 is 34.2 Å². The van der Waals surface area contributed by atoms with Crippen LogP contribution in [0.3, 0.4) is 0 Å². The van der Waals surface area contributed by atoms with Crippen molar-refractivity contribution in [1.29, 1.82) is 0 Å². The van der Waals surface area contributed by atoms with Gasteiger partial charge in [0.1, 0.15) is 11.5 Å². The van der Waals surface area contributed by atoms with E-state index >= 15 is 0 Å². The van der Waals surface area contributed by atoms with Crippen LogP contribution < -0.4 is 7.85 Å². The summed E-state index contributed by atoms with van der Waals surface area (Å²) in [5, 5.41) is 0. The van der Waals surface area contributed by atoms with E-state index in [1.54, 1.807) is 0 Å². The second-order valence-corrected chi connectivity index (χ2v) is 8.12. The summed E-state index contributed by atoms with van der Waals surface area (Å²) in [6.45, 7) is 0. The second kappa shape index (κ2) is 5.85. The maximum Gasteiger partial charge on any atom is 0.132 e. The maximum absolute atomic E-state index is 6.35. The minimum absolute atomic E-state index is 0.402. The van der Waals surface area contributed by atoms with Gasteiger partial charge < -0.3 is 4.74 Å². The van der Waals surface area contributed by atoms with E-state index in [4.69, 9.17) is 4.74 Å². The van der Waals surface area contributed by atoms with Gasteiger partial charge in [-0.2, -0.15) is 0 Å². The Kier molecular flexibility index (Phi) is 3.38. The molecule has 4 aromatic rings. The monoisotopic (exact) mass is 473 g/mol. The number of benzene rings is 4. The third-order valence-electron chi connectivity index (χ3n) is 5.84. The van der Waals surface area contributed by atoms with Crippen molar-refractivity contribution < 1.29 is 4.74 Å². The summed E-state index contributed by atoms with van der Waals surface area (Å²) in [6, 6.07) is 34.3. The van der Waals surface area contributed by atoms with Crippen molar-refractivity contribution in [3.63, 3.8) is 0 Å². The van der Waals surface area contributed by atoms with Crippen LogP contribution in [-0.4, -0.2) is 0 Å². The van der Waals surface area contributed by atoms with Gasteiger partial charge in [-0.15, -0.1) is 0 Å². The topological polar surface area (TPSA) is 12.5 Å². The summed E-state index contributed by atoms with van der Waals surface area (Å²) in [4.78, 5) is 0. The molecule has 0 radical (unpaired) electrons. The first-order chi connectivity index (χ1) is 13.8. The highest BCUT2D eigenvalue weighted by atomic mass is 127. The fourth-order valence-electron chi connectivity index (χ4n) is 4.77. The molecule has 1 spiro atoms. The number of para-hydroxylation sites is 4. The lowest BCUT2D eigenvalue weighted by molar-refractivity contribution is 0.434. The molecule has 0 bridgehead atoms. The largest absolute Gasteiger partial charge is 0.457 e. The summed E-state index contributed by atoms with van der Waals surface area (Å²) >= 11 is 2.42. The second-order valence-electron chi connectivity index (χ2n) is 7.16. The van der Waals surface area contributed by atoms with Gasteiger partial charge in [-0.25, -0.2) is 0 Å². The van der Waals surface area contributed by atoms with E-state index in [9.17, 15) is 0 Å². The van der Waals surface area contributed by atoms with Crippen LogP contribution in [0.15, 0.2) is 97.1 Å². The first-order valence-corrected chi connectivity index (χ1v) is 10.3. The molecule has 2 aliphatic rings. The highest BCUT2D eigenvalue weighted by molar-refractivity contribution is 14.1. The normalized spacial score (nSPS) is 15.1. The Hall–Kier alpha value is -2.79. The molecule has 0 aliphatic carbocycles. The molecule has 0 amide bonds. The summed E-state index contributed by atoms with van der Waals surface area (Å²) in [5.41, 5.74) is 6.98. The average Bonchev–Trinajstić information content (AvgIpc) is 2.77. The van der Waals surface area contributed by atoms with Crippen LogP contribution in [0.25, 0.3) is 0 Å². The van der Waals surface area contributed by atoms with E-state index in [1.165, 1.54) is 33.6 Å². The lowest BCUT2D eigenvalue weighted by Gasteiger charge is -2.47. The van der Waals surface area contributed by atoms with Gasteiger partial charge in [0.05, 0.1) is 39.7 Å². The molecule has 2 nitrogen and oxygen atoms in total. The zero-order valence-electron chi connectivity index (χ0n) is 15.0. The van der Waals surface area contributed by atoms with Crippen molar-refractivity contribution in [3.8, 4) is 11.5 Å². The van der Waals surface area contributed by atoms with Gasteiger partial charge in [-0.05, 0) is 35.4 Å². The highest BCUT2D eigenvalue weighted by Gasteiger charge is 2.50. The van der Waals surface area contributed by atoms with E-state index in [0.29, 0.717) is 0 Å². The molecule has 6 rings (SSSR count). The Bertz CT molecular complexity index is 1140. The lowest BCUT2D eigenvalue weighted by atomic mass is 9.61. The summed E-state index contributed by atoms with van der Waals surface area (Å²) < 4.78 is 8.62. The summed E-state index contributed by atoms with van der Waals surface area (Å²) in [7, 11) is 0. The molecule has 0 aromatic heterocycles. The quantitative estimate of drug-likeness (QED) is 0.178. The van der Waals surface area contributed by atoms with E-state index < -0.39 is 5.41 Å². The van der Waals surface area contributed by atoms with Gasteiger partial charge >= 0.3 is 0 Å². The Balaban J connectivity index is 1.86. The van der Waals surface area contributed by atoms with Gasteiger partial charge in [-0.3, -0.25) is 3.11 Å². The van der Waals surface area contributed by atoms with Gasteiger partial charge in [-0.1, -0.05) is 72.8 Å². The van der Waals surface area contributed by atoms with E-state index in [1.807, 2.05) is 12.1 Å². The van der Waals surface area contributed by atoms with Crippen molar-refractivity contribution in [3.05, 3.63) is 119 Å². The Morgan fingerprint density at radius 1 is 0.536 bits per heavy atom. The van der Waals surface area contributed by atoms with Gasteiger partial charge in [0, 0.05) is 11.1 Å². The van der Waals surface area contributed by atoms with Crippen LogP contribution in [0.1, 0.15) is 22.3 Å². The van der Waals surface area contributed by atoms with Crippen LogP contribution >= 0.6 is 22.9 Å². The molecule has 3 heteroatoms. The SMILES string of the molecule is IN1c2ccccc2C2(c3ccccc3Oc3ccccc32)c2ccccc21. The Labute approximate surface area is 177 Å². The van der Waals surface area contributed by atoms with Crippen LogP contribution in [0.4, 0.5) is 11.4 Å². The predicted molar refractivity (Wildman–Crippen MR) is 121 cm³/mol. The smallest absolute Gasteiger partial charge is 0.132 e. The Morgan fingerprint density at radius 3 is 1.43 bits per heavy atom. The first kappa shape index (κ1) is 16.2. The third-order valence-corrected chi connectivity index (χ3v) is 6.88. The predicted octanol–water partition coefficient (Wildman–Crippen LogP) is 6.98. The van der Waals surface area contributed by atoms with E-state index in [2.05, 4.69) is 111 Å². The van der Waals surface area contributed by atoms with Crippen molar-refractivity contribution in [2.75, 3.05) is 3.11 Å². The van der Waals surface area contributed by atoms with Gasteiger partial charge in [0.25, 0.3) is 0 Å². The zero-order chi connectivity index (χ0) is 18.7. The van der Waals surface area contributed by atoms with Crippen molar-refractivity contribution in [1.82, 2.24) is 0 Å². The highest BCUT2D eigenvalue weighted by Crippen LogP contribution is 2.61. The molecule has 0 saturated heterocycles. The van der Waals surface area contributed by atoms with Crippen LogP contribution in [0.2, 0.25) is 0 Å². The number of halogens is 1. The molecule has 28 heavy (non-hydrogen) atoms. The number of nitrogens with zero attached hydrogens (tertiary/aromatic N) is 1. The molecular formula is C25H16INO. The molecule has 0 unspecified atom stereocenters. The molecule has 0 atom stereocenters. The number of ether oxygens (including phenoxy) is 1. The van der Waals surface area contributed by atoms with Gasteiger partial charge in [0.2, 0.25) is 0 Å². The number of hydrogen-bond acceptors (Lipinski definition) is 2. The van der Waals surface area contributed by atoms with Crippen LogP contribution in [0, 0.1) is 0 Å². The maximum atomic E-state index is 6.35. The van der Waals surface area contributed by atoms with E-state index in [0.717, 1.165) is 11.5 Å². The average molecular weight is 473 g/mol. The molecule has 2 aliphatic heterocycles. The van der Waals surface area contributed by atoms with Crippen molar-refractivity contribution in [2.24, 2.45) is 0 Å². The molecule has 2 heterocycles. The fraction of sp³-hybridized carbons (Fsp3) is 0.0400. The lowest BCUT2D eigenvalue weighted by Crippen LogP contribution is -2.38. The number of rotatable bonds is 0. The van der Waals surface area contributed by atoms with Gasteiger partial charge in [0.15, 0.2) is 0 Å². The zero-order valence-corrected chi connectivity index (χ0v) is 17.1. The van der Waals surface area contributed by atoms with Crippen LogP contribution in [0.5, 0.6) is 11.5 Å². The minimum Gasteiger partial charge on any atom is -0.457 e. The standard InChI is InChI=1S/C25H16INO/c26-27-21-13-5-1-9-17(21)25(18-10-2-6-14-22(18)27)19-11-3-7-15-23(19)28-24-16-8-4-12-20(24)25/h1-16H. The third kappa shape index (κ3) is 1.92. The van der Waals surface area contributed by atoms with Crippen molar-refractivity contribution in [2.45, 2.75) is 5.41 Å².